The third kappa shape index (κ3) is 6.25. The summed E-state index contributed by atoms with van der Waals surface area (Å²) in [6, 6.07) is 18.6. The summed E-state index contributed by atoms with van der Waals surface area (Å²) < 4.78 is 5.83. The number of rotatable bonds is 7. The molecule has 1 aromatic heterocycles. The molecule has 0 spiro atoms. The van der Waals surface area contributed by atoms with Gasteiger partial charge in [-0.15, -0.1) is 0 Å². The predicted molar refractivity (Wildman–Crippen MR) is 145 cm³/mol. The first-order chi connectivity index (χ1) is 18.2. The fourth-order valence-electron chi connectivity index (χ4n) is 4.44. The fourth-order valence-corrected chi connectivity index (χ4v) is 4.44. The molecule has 37 heavy (non-hydrogen) atoms. The Hall–Kier alpha value is -4.39. The second-order valence-corrected chi connectivity index (χ2v) is 9.09. The first kappa shape index (κ1) is 24.3. The average Bonchev–Trinajstić information content (AvgIpc) is 2.97. The van der Waals surface area contributed by atoms with Crippen molar-refractivity contribution in [2.45, 2.75) is 12.8 Å². The number of nitrogens with one attached hydrogen (secondary N) is 1. The fraction of sp³-hybridized carbons (Fsp3) is 0.233. The minimum absolute atomic E-state index is 0.0178. The van der Waals surface area contributed by atoms with Gasteiger partial charge in [-0.25, -0.2) is 0 Å². The van der Waals surface area contributed by atoms with Gasteiger partial charge in [0.25, 0.3) is 11.8 Å². The molecule has 7 nitrogen and oxygen atoms in total. The molecule has 1 fully saturated rings. The van der Waals surface area contributed by atoms with Crippen molar-refractivity contribution in [2.24, 2.45) is 0 Å². The first-order valence-electron chi connectivity index (χ1n) is 12.6. The van der Waals surface area contributed by atoms with E-state index in [0.717, 1.165) is 43.1 Å². The standard InChI is InChI=1S/C30H30N4O3/c35-29(24-8-14-28(15-9-24)37-22-23-5-2-1-3-6-23)32-26-10-12-27(13-11-26)33-17-19-34(20-18-33)30(36)25-7-4-16-31-21-25/h2,4-16,21H,1,3,17-20,22H2,(H,32,35). The second-order valence-electron chi connectivity index (χ2n) is 9.09. The third-order valence-electron chi connectivity index (χ3n) is 6.56. The maximum atomic E-state index is 12.7. The largest absolute Gasteiger partial charge is 0.489 e. The van der Waals surface area contributed by atoms with Gasteiger partial charge in [0, 0.05) is 55.5 Å². The van der Waals surface area contributed by atoms with Crippen LogP contribution in [0.25, 0.3) is 0 Å². The number of nitrogens with zero attached hydrogens (tertiary/aromatic N) is 3. The number of piperazine rings is 1. The molecule has 2 amide bonds. The summed E-state index contributed by atoms with van der Waals surface area (Å²) >= 11 is 0. The molecule has 188 valence electrons. The van der Waals surface area contributed by atoms with Gasteiger partial charge in [-0.1, -0.05) is 18.2 Å². The van der Waals surface area contributed by atoms with Crippen molar-refractivity contribution in [3.8, 4) is 5.75 Å². The van der Waals surface area contributed by atoms with Crippen molar-refractivity contribution in [3.05, 3.63) is 108 Å². The normalized spacial score (nSPS) is 15.2. The minimum Gasteiger partial charge on any atom is -0.489 e. The number of anilines is 2. The van der Waals surface area contributed by atoms with Crippen LogP contribution in [-0.4, -0.2) is 54.5 Å². The Kier molecular flexibility index (Phi) is 7.60. The summed E-state index contributed by atoms with van der Waals surface area (Å²) in [5.74, 6) is 0.590. The Balaban J connectivity index is 1.10. The van der Waals surface area contributed by atoms with Crippen LogP contribution in [0.2, 0.25) is 0 Å². The van der Waals surface area contributed by atoms with Gasteiger partial charge in [-0.3, -0.25) is 14.6 Å². The van der Waals surface area contributed by atoms with Gasteiger partial charge in [0.1, 0.15) is 12.4 Å². The van der Waals surface area contributed by atoms with Gasteiger partial charge in [0.05, 0.1) is 5.56 Å². The number of ether oxygens (including phenoxy) is 1. The maximum absolute atomic E-state index is 12.7. The van der Waals surface area contributed by atoms with Gasteiger partial charge in [0.2, 0.25) is 0 Å². The molecule has 3 aromatic rings. The Labute approximate surface area is 217 Å². The van der Waals surface area contributed by atoms with Gasteiger partial charge >= 0.3 is 0 Å². The summed E-state index contributed by atoms with van der Waals surface area (Å²) in [7, 11) is 0. The van der Waals surface area contributed by atoms with Crippen LogP contribution in [0.5, 0.6) is 5.75 Å². The van der Waals surface area contributed by atoms with Crippen LogP contribution in [0.15, 0.2) is 96.9 Å². The Morgan fingerprint density at radius 3 is 2.35 bits per heavy atom. The molecule has 1 aliphatic heterocycles. The molecule has 5 rings (SSSR count). The highest BCUT2D eigenvalue weighted by molar-refractivity contribution is 6.04. The zero-order valence-corrected chi connectivity index (χ0v) is 20.7. The third-order valence-corrected chi connectivity index (χ3v) is 6.56. The van der Waals surface area contributed by atoms with Crippen molar-refractivity contribution in [3.63, 3.8) is 0 Å². The number of hydrogen-bond acceptors (Lipinski definition) is 5. The molecular formula is C30H30N4O3. The first-order valence-corrected chi connectivity index (χ1v) is 12.6. The lowest BCUT2D eigenvalue weighted by molar-refractivity contribution is 0.0746. The predicted octanol–water partition coefficient (Wildman–Crippen LogP) is 4.95. The summed E-state index contributed by atoms with van der Waals surface area (Å²) in [5, 5.41) is 2.96. The number of benzene rings is 2. The molecule has 0 atom stereocenters. The van der Waals surface area contributed by atoms with Crippen LogP contribution in [0.1, 0.15) is 33.6 Å². The van der Waals surface area contributed by atoms with Crippen molar-refractivity contribution in [1.29, 1.82) is 0 Å². The van der Waals surface area contributed by atoms with E-state index in [4.69, 9.17) is 4.74 Å². The number of carbonyl (C=O) groups excluding carboxylic acids is 2. The molecule has 2 heterocycles. The maximum Gasteiger partial charge on any atom is 0.255 e. The molecule has 1 aliphatic carbocycles. The van der Waals surface area contributed by atoms with Crippen molar-refractivity contribution >= 4 is 23.2 Å². The van der Waals surface area contributed by atoms with E-state index in [1.165, 1.54) is 5.57 Å². The molecule has 2 aromatic carbocycles. The lowest BCUT2D eigenvalue weighted by Gasteiger charge is -2.36. The molecule has 1 N–H and O–H groups in total. The van der Waals surface area contributed by atoms with E-state index < -0.39 is 0 Å². The number of aromatic nitrogens is 1. The van der Waals surface area contributed by atoms with Crippen LogP contribution in [0, 0.1) is 0 Å². The van der Waals surface area contributed by atoms with Crippen LogP contribution < -0.4 is 15.0 Å². The van der Waals surface area contributed by atoms with Crippen molar-refractivity contribution in [2.75, 3.05) is 43.0 Å². The van der Waals surface area contributed by atoms with Crippen molar-refractivity contribution in [1.82, 2.24) is 9.88 Å². The van der Waals surface area contributed by atoms with Gasteiger partial charge in [0.15, 0.2) is 0 Å². The summed E-state index contributed by atoms with van der Waals surface area (Å²) in [6.45, 7) is 3.34. The smallest absolute Gasteiger partial charge is 0.255 e. The van der Waals surface area contributed by atoms with E-state index >= 15 is 0 Å². The van der Waals surface area contributed by atoms with E-state index in [1.54, 1.807) is 36.7 Å². The number of carbonyl (C=O) groups is 2. The van der Waals surface area contributed by atoms with Crippen LogP contribution in [-0.2, 0) is 0 Å². The number of amides is 2. The Bertz CT molecular complexity index is 1280. The summed E-state index contributed by atoms with van der Waals surface area (Å²) in [4.78, 5) is 33.5. The minimum atomic E-state index is -0.167. The van der Waals surface area contributed by atoms with E-state index in [2.05, 4.69) is 33.4 Å². The molecule has 0 radical (unpaired) electrons. The van der Waals surface area contributed by atoms with Gasteiger partial charge < -0.3 is 19.9 Å². The van der Waals surface area contributed by atoms with Gasteiger partial charge in [-0.2, -0.15) is 0 Å². The van der Waals surface area contributed by atoms with E-state index in [-0.39, 0.29) is 11.8 Å². The number of hydrogen-bond donors (Lipinski definition) is 1. The molecule has 1 saturated heterocycles. The zero-order valence-electron chi connectivity index (χ0n) is 20.7. The highest BCUT2D eigenvalue weighted by atomic mass is 16.5. The molecule has 0 bridgehead atoms. The Morgan fingerprint density at radius 1 is 0.892 bits per heavy atom. The summed E-state index contributed by atoms with van der Waals surface area (Å²) in [6.07, 6.45) is 11.9. The number of pyridine rings is 1. The molecular weight excluding hydrogens is 464 g/mol. The average molecular weight is 495 g/mol. The van der Waals surface area contributed by atoms with Crippen LogP contribution in [0.3, 0.4) is 0 Å². The molecule has 0 unspecified atom stereocenters. The highest BCUT2D eigenvalue weighted by Crippen LogP contribution is 2.21. The monoisotopic (exact) mass is 494 g/mol. The van der Waals surface area contributed by atoms with E-state index in [9.17, 15) is 9.59 Å². The van der Waals surface area contributed by atoms with E-state index in [0.29, 0.717) is 30.8 Å². The number of allylic oxidation sites excluding steroid dienone is 2. The SMILES string of the molecule is O=C(Nc1ccc(N2CCN(C(=O)c3cccnc3)CC2)cc1)c1ccc(OCC2=CCCC=C2)cc1. The zero-order chi connectivity index (χ0) is 25.5. The Morgan fingerprint density at radius 2 is 1.68 bits per heavy atom. The quantitative estimate of drug-likeness (QED) is 0.503. The molecule has 0 saturated carbocycles. The summed E-state index contributed by atoms with van der Waals surface area (Å²) in [5.41, 5.74) is 4.17. The lowest BCUT2D eigenvalue weighted by Crippen LogP contribution is -2.48. The van der Waals surface area contributed by atoms with Crippen molar-refractivity contribution < 1.29 is 14.3 Å². The molecule has 7 heteroatoms. The highest BCUT2D eigenvalue weighted by Gasteiger charge is 2.22. The van der Waals surface area contributed by atoms with Crippen LogP contribution >= 0.6 is 0 Å². The molecule has 2 aliphatic rings. The second kappa shape index (κ2) is 11.6. The van der Waals surface area contributed by atoms with Gasteiger partial charge in [-0.05, 0) is 79.1 Å². The lowest BCUT2D eigenvalue weighted by atomic mass is 10.1. The topological polar surface area (TPSA) is 74.8 Å². The van der Waals surface area contributed by atoms with Crippen LogP contribution in [0.4, 0.5) is 11.4 Å². The van der Waals surface area contributed by atoms with E-state index in [1.807, 2.05) is 41.3 Å².